The molecule has 0 aromatic heterocycles. The van der Waals surface area contributed by atoms with Gasteiger partial charge in [0.1, 0.15) is 0 Å². The van der Waals surface area contributed by atoms with Crippen molar-refractivity contribution in [2.45, 2.75) is 80.0 Å². The lowest BCUT2D eigenvalue weighted by atomic mass is 10.6. The SMILES string of the molecule is [2H]C(C)C([2H])([2H])SSC([2H])([2H])C([2H])N.[2H]C(C)C([2H])([2H])SSC([2H])([2H])CN.[2H]C(C)C([2H])SSC([2H])([2H])C([2H])N.[2H]C(C)C([2H])SSC([2H])([2H])CN.[2H]C(N)C([2H])([2H])SSC([2H])([2H])CC.[2H]C([2H])(CC)SSC([2H])([2H])CN. The van der Waals surface area contributed by atoms with Gasteiger partial charge in [-0.15, -0.1) is 0 Å². The van der Waals surface area contributed by atoms with E-state index < -0.39 is 114 Å². The van der Waals surface area contributed by atoms with Crippen LogP contribution in [0.15, 0.2) is 0 Å². The van der Waals surface area contributed by atoms with Crippen molar-refractivity contribution >= 4 is 130 Å². The smallest absolute Gasteiger partial charge is 0.0434 e. The van der Waals surface area contributed by atoms with Crippen molar-refractivity contribution in [2.75, 3.05) is 108 Å². The van der Waals surface area contributed by atoms with Gasteiger partial charge < -0.3 is 34.4 Å². The lowest BCUT2D eigenvalue weighted by molar-refractivity contribution is 1.11. The van der Waals surface area contributed by atoms with Crippen molar-refractivity contribution in [3.8, 4) is 0 Å². The summed E-state index contributed by atoms with van der Waals surface area (Å²) in [6, 6.07) is 0. The van der Waals surface area contributed by atoms with Crippen LogP contribution in [0.1, 0.15) is 120 Å². The summed E-state index contributed by atoms with van der Waals surface area (Å²) in [6.07, 6.45) is -2.26. The number of hydrogen-bond acceptors (Lipinski definition) is 18. The van der Waals surface area contributed by atoms with Gasteiger partial charge >= 0.3 is 0 Å². The Kier molecular flexibility index (Phi) is 39.9. The summed E-state index contributed by atoms with van der Waals surface area (Å²) in [4.78, 5) is 0. The highest BCUT2D eigenvalue weighted by Crippen LogP contribution is 2.22. The van der Waals surface area contributed by atoms with Crippen LogP contribution in [0.4, 0.5) is 0 Å². The molecule has 6 nitrogen and oxygen atoms in total. The number of hydrogen-bond donors (Lipinski definition) is 6. The molecule has 300 valence electrons. The largest absolute Gasteiger partial charge is 0.330 e. The molecule has 0 saturated carbocycles. The molecule has 0 bridgehead atoms. The maximum atomic E-state index is 7.35. The maximum Gasteiger partial charge on any atom is 0.0434 e. The lowest BCUT2D eigenvalue weighted by Crippen LogP contribution is -1.99. The summed E-state index contributed by atoms with van der Waals surface area (Å²) in [5, 5.41) is 0. The second-order valence-electron chi connectivity index (χ2n) is 5.67. The molecule has 0 aromatic rings. The minimum absolute atomic E-state index is 0.0657. The van der Waals surface area contributed by atoms with Crippen molar-refractivity contribution in [1.82, 2.24) is 0 Å². The van der Waals surface area contributed by atoms with Crippen molar-refractivity contribution < 1.29 is 39.8 Å². The molecule has 0 saturated heterocycles. The van der Waals surface area contributed by atoms with Gasteiger partial charge in [0.25, 0.3) is 0 Å². The zero-order chi connectivity index (χ0) is 63.2. The summed E-state index contributed by atoms with van der Waals surface area (Å²) >= 11 is 0. The van der Waals surface area contributed by atoms with E-state index >= 15 is 0 Å². The molecule has 0 radical (unpaired) electrons. The molecule has 9 unspecified atom stereocenters. The molecule has 0 aliphatic carbocycles. The van der Waals surface area contributed by atoms with Crippen LogP contribution in [0.5, 0.6) is 0 Å². The molecule has 18 heteroatoms. The van der Waals surface area contributed by atoms with Crippen LogP contribution in [0.2, 0.25) is 0 Å². The van der Waals surface area contributed by atoms with Crippen LogP contribution in [-0.4, -0.2) is 108 Å². The van der Waals surface area contributed by atoms with E-state index in [9.17, 15) is 0 Å². The van der Waals surface area contributed by atoms with Gasteiger partial charge in [-0.05, 0) is 38.4 Å². The Balaban J connectivity index is -0.000000197. The molecule has 0 heterocycles. The summed E-state index contributed by atoms with van der Waals surface area (Å²) in [6.45, 7) is 5.02. The minimum atomic E-state index is -2.01. The molecule has 0 spiro atoms. The zero-order valence-corrected chi connectivity index (χ0v) is 37.9. The Morgan fingerprint density at radius 3 is 0.812 bits per heavy atom. The molecule has 0 rings (SSSR count). The Bertz CT molecular complexity index is 1400. The minimum Gasteiger partial charge on any atom is -0.330 e. The van der Waals surface area contributed by atoms with Crippen LogP contribution in [0, 0.1) is 0 Å². The molecule has 0 aliphatic heterocycles. The van der Waals surface area contributed by atoms with Crippen LogP contribution >= 0.6 is 130 Å². The van der Waals surface area contributed by atoms with E-state index in [-0.39, 0.29) is 19.6 Å². The van der Waals surface area contributed by atoms with Gasteiger partial charge in [0, 0.05) is 147 Å². The van der Waals surface area contributed by atoms with Crippen LogP contribution < -0.4 is 34.4 Å². The monoisotopic (exact) mass is 935 g/mol. The zero-order valence-electron chi connectivity index (χ0n) is 57.1. The van der Waals surface area contributed by atoms with Crippen molar-refractivity contribution in [3.63, 3.8) is 0 Å². The fraction of sp³-hybridized carbons (Fsp3) is 1.00. The maximum absolute atomic E-state index is 7.35. The van der Waals surface area contributed by atoms with E-state index in [2.05, 4.69) is 0 Å². The van der Waals surface area contributed by atoms with E-state index in [1.165, 1.54) is 13.8 Å². The van der Waals surface area contributed by atoms with E-state index in [1.807, 2.05) is 0 Å². The van der Waals surface area contributed by atoms with Gasteiger partial charge in [-0.25, -0.2) is 0 Å². The Labute approximate surface area is 389 Å². The molecule has 0 fully saturated rings. The summed E-state index contributed by atoms with van der Waals surface area (Å²) < 4.78 is 210. The van der Waals surface area contributed by atoms with Crippen LogP contribution in [0.3, 0.4) is 0 Å². The predicted molar refractivity (Wildman–Crippen MR) is 266 cm³/mol. The van der Waals surface area contributed by atoms with E-state index in [1.54, 1.807) is 27.7 Å². The second-order valence-corrected chi connectivity index (χ2v) is 17.0. The lowest BCUT2D eigenvalue weighted by Gasteiger charge is -1.93. The van der Waals surface area contributed by atoms with Gasteiger partial charge in [-0.1, -0.05) is 171 Å². The second kappa shape index (κ2) is 79.7. The van der Waals surface area contributed by atoms with E-state index in [0.29, 0.717) is 45.2 Å². The highest BCUT2D eigenvalue weighted by Gasteiger charge is 1.87. The van der Waals surface area contributed by atoms with Crippen molar-refractivity contribution in [2.24, 2.45) is 34.4 Å². The van der Waals surface area contributed by atoms with Crippen molar-refractivity contribution in [3.05, 3.63) is 0 Å². The molecule has 0 amide bonds. The molecule has 12 N–H and O–H groups in total. The molecular formula is C30H78N6S12. The molecular weight excluding hydrogens is 829 g/mol. The number of rotatable bonds is 30. The Morgan fingerprint density at radius 2 is 0.562 bits per heavy atom. The van der Waals surface area contributed by atoms with Crippen LogP contribution in [0.25, 0.3) is 0 Å². The summed E-state index contributed by atoms with van der Waals surface area (Å²) in [5.74, 6) is 0. The molecule has 0 aromatic carbocycles. The van der Waals surface area contributed by atoms with Crippen molar-refractivity contribution in [1.29, 1.82) is 0 Å². The highest BCUT2D eigenvalue weighted by atomic mass is 33.1. The normalized spacial score (nSPS) is 27.5. The van der Waals surface area contributed by atoms with Gasteiger partial charge in [0.2, 0.25) is 0 Å². The standard InChI is InChI=1S/6C5H13NS2/c6*1-2-4-7-8-5-3-6/h6*2-6H2,1H3/i2D,3D,4D2,5D2;2D,3D,4D,5D2;3D,4D2,5D2;2D,4D2,5D2;2D,4D,5D2;4D2,5D2. The fourth-order valence-electron chi connectivity index (χ4n) is 0.842. The van der Waals surface area contributed by atoms with Gasteiger partial charge in [-0.2, -0.15) is 0 Å². The third-order valence-corrected chi connectivity index (χ3v) is 11.9. The van der Waals surface area contributed by atoms with E-state index in [0.717, 1.165) is 97.1 Å². The topological polar surface area (TPSA) is 156 Å². The third kappa shape index (κ3) is 104. The Morgan fingerprint density at radius 1 is 0.312 bits per heavy atom. The van der Waals surface area contributed by atoms with E-state index in [4.69, 9.17) is 74.2 Å². The molecule has 0 aliphatic rings. The molecule has 9 atom stereocenters. The molecule has 48 heavy (non-hydrogen) atoms. The first kappa shape index (κ1) is 24.0. The highest BCUT2D eigenvalue weighted by molar-refractivity contribution is 8.78. The first-order valence-electron chi connectivity index (χ1n) is 28.5. The van der Waals surface area contributed by atoms with Gasteiger partial charge in [-0.3, -0.25) is 0 Å². The number of nitrogens with two attached hydrogens (primary N) is 6. The Hall–Kier alpha value is 3.96. The average molecular weight is 937 g/mol. The first-order valence-corrected chi connectivity index (χ1v) is 26.4. The van der Waals surface area contributed by atoms with Gasteiger partial charge in [0.15, 0.2) is 0 Å². The van der Waals surface area contributed by atoms with Gasteiger partial charge in [0.05, 0.1) is 0 Å². The summed E-state index contributed by atoms with van der Waals surface area (Å²) in [5.41, 5.74) is 12.5. The fourth-order valence-corrected chi connectivity index (χ4v) is 7.58. The van der Waals surface area contributed by atoms with Crippen LogP contribution in [-0.2, 0) is 0 Å². The quantitative estimate of drug-likeness (QED) is 0.0378. The third-order valence-electron chi connectivity index (χ3n) is 2.16. The first-order chi connectivity index (χ1) is 34.0. The predicted octanol–water partition coefficient (Wildman–Crippen LogP) is 10.4. The summed E-state index contributed by atoms with van der Waals surface area (Å²) in [7, 11) is 9.56. The average Bonchev–Trinajstić information content (AvgIpc) is 3.31.